The fraction of sp³-hybridized carbons (Fsp3) is 0.125. The average molecular weight is 349 g/mol. The second-order valence-corrected chi connectivity index (χ2v) is 6.94. The lowest BCUT2D eigenvalue weighted by Gasteiger charge is -2.36. The second-order valence-electron chi connectivity index (χ2n) is 6.94. The molecule has 27 heavy (non-hydrogen) atoms. The van der Waals surface area contributed by atoms with Crippen LogP contribution in [-0.2, 0) is 0 Å². The lowest BCUT2D eigenvalue weighted by Crippen LogP contribution is -2.31. The second kappa shape index (κ2) is 6.34. The molecular formula is C24H19N3. The number of nitriles is 1. The Kier molecular flexibility index (Phi) is 3.69. The first-order chi connectivity index (χ1) is 13.4. The molecular weight excluding hydrogens is 330 g/mol. The summed E-state index contributed by atoms with van der Waals surface area (Å²) in [5.74, 6) is 0. The minimum atomic E-state index is -0.262. The Morgan fingerprint density at radius 1 is 0.778 bits per heavy atom. The quantitative estimate of drug-likeness (QED) is 0.643. The Labute approximate surface area is 159 Å². The molecule has 2 aliphatic rings. The lowest BCUT2D eigenvalue weighted by atomic mass is 9.99. The van der Waals surface area contributed by atoms with E-state index in [2.05, 4.69) is 88.8 Å². The summed E-state index contributed by atoms with van der Waals surface area (Å²) in [6.07, 6.45) is 4.20. The van der Waals surface area contributed by atoms with Crippen molar-refractivity contribution in [2.24, 2.45) is 0 Å². The van der Waals surface area contributed by atoms with Crippen molar-refractivity contribution in [2.45, 2.75) is 18.2 Å². The van der Waals surface area contributed by atoms with Crippen LogP contribution in [0.1, 0.15) is 28.9 Å². The minimum absolute atomic E-state index is 0.00320. The summed E-state index contributed by atoms with van der Waals surface area (Å²) in [6.45, 7) is 0. The van der Waals surface area contributed by atoms with Crippen LogP contribution < -0.4 is 4.90 Å². The molecule has 3 heteroatoms. The van der Waals surface area contributed by atoms with E-state index in [9.17, 15) is 5.26 Å². The van der Waals surface area contributed by atoms with Gasteiger partial charge in [-0.3, -0.25) is 0 Å². The summed E-state index contributed by atoms with van der Waals surface area (Å²) >= 11 is 0. The van der Waals surface area contributed by atoms with Crippen molar-refractivity contribution in [2.75, 3.05) is 4.90 Å². The van der Waals surface area contributed by atoms with Gasteiger partial charge in [0.25, 0.3) is 0 Å². The summed E-state index contributed by atoms with van der Waals surface area (Å²) in [7, 11) is 0. The molecule has 3 nitrogen and oxygen atoms in total. The molecule has 3 aromatic rings. The maximum atomic E-state index is 10.1. The van der Waals surface area contributed by atoms with E-state index >= 15 is 0 Å². The van der Waals surface area contributed by atoms with Gasteiger partial charge < -0.3 is 9.80 Å². The fourth-order valence-electron chi connectivity index (χ4n) is 4.34. The molecule has 3 atom stereocenters. The normalized spacial score (nSPS) is 22.9. The van der Waals surface area contributed by atoms with E-state index in [-0.39, 0.29) is 18.2 Å². The number of anilines is 1. The summed E-state index contributed by atoms with van der Waals surface area (Å²) in [6, 6.07) is 31.5. The zero-order valence-electron chi connectivity index (χ0n) is 14.8. The van der Waals surface area contributed by atoms with E-state index in [1.165, 1.54) is 11.1 Å². The largest absolute Gasteiger partial charge is 0.337 e. The van der Waals surface area contributed by atoms with Crippen LogP contribution in [0.2, 0.25) is 0 Å². The molecule has 0 amide bonds. The first kappa shape index (κ1) is 15.7. The highest BCUT2D eigenvalue weighted by atomic mass is 15.5. The molecule has 2 aliphatic heterocycles. The molecule has 1 saturated heterocycles. The average Bonchev–Trinajstić information content (AvgIpc) is 3.10. The molecule has 3 aromatic carbocycles. The van der Waals surface area contributed by atoms with Crippen molar-refractivity contribution < 1.29 is 0 Å². The van der Waals surface area contributed by atoms with Gasteiger partial charge in [-0.05, 0) is 29.3 Å². The van der Waals surface area contributed by atoms with Crippen molar-refractivity contribution in [3.63, 3.8) is 0 Å². The topological polar surface area (TPSA) is 30.3 Å². The fourth-order valence-corrected chi connectivity index (χ4v) is 4.34. The number of hydrogen-bond donors (Lipinski definition) is 0. The number of rotatable bonds is 2. The molecule has 2 heterocycles. The van der Waals surface area contributed by atoms with Crippen molar-refractivity contribution in [1.29, 1.82) is 5.26 Å². The number of benzene rings is 3. The van der Waals surface area contributed by atoms with Gasteiger partial charge in [0.15, 0.2) is 0 Å². The van der Waals surface area contributed by atoms with E-state index in [0.717, 1.165) is 11.3 Å². The zero-order valence-corrected chi connectivity index (χ0v) is 14.8. The highest BCUT2D eigenvalue weighted by molar-refractivity contribution is 5.63. The van der Waals surface area contributed by atoms with Gasteiger partial charge in [-0.2, -0.15) is 5.26 Å². The zero-order chi connectivity index (χ0) is 18.2. The van der Waals surface area contributed by atoms with Crippen molar-refractivity contribution in [3.05, 3.63) is 108 Å². The first-order valence-electron chi connectivity index (χ1n) is 9.21. The van der Waals surface area contributed by atoms with Crippen LogP contribution in [0.4, 0.5) is 5.69 Å². The molecule has 0 unspecified atom stereocenters. The third-order valence-corrected chi connectivity index (χ3v) is 5.49. The molecule has 0 N–H and O–H groups in total. The third-order valence-electron chi connectivity index (χ3n) is 5.49. The number of fused-ring (bicyclic) bond motifs is 3. The maximum absolute atomic E-state index is 10.1. The SMILES string of the molecule is N#C[C@@H]1[C@H](c2ccccc2)N(c2ccccc2)[C@H]2c3ccccc3C=CN12. The number of hydrogen-bond acceptors (Lipinski definition) is 3. The van der Waals surface area contributed by atoms with Gasteiger partial charge in [-0.25, -0.2) is 0 Å². The number of para-hydroxylation sites is 1. The van der Waals surface area contributed by atoms with E-state index in [4.69, 9.17) is 0 Å². The smallest absolute Gasteiger partial charge is 0.143 e. The van der Waals surface area contributed by atoms with Gasteiger partial charge >= 0.3 is 0 Å². The van der Waals surface area contributed by atoms with E-state index in [1.807, 2.05) is 24.3 Å². The standard InChI is InChI=1S/C24H19N3/c25-17-22-23(19-10-3-1-4-11-19)27(20-12-5-2-6-13-20)24-21-14-8-7-9-18(21)15-16-26(22)24/h1-16,22-24H/t22-,23+,24+/m1/s1. The van der Waals surface area contributed by atoms with Gasteiger partial charge in [-0.15, -0.1) is 0 Å². The van der Waals surface area contributed by atoms with Crippen LogP contribution in [0.15, 0.2) is 91.1 Å². The molecule has 5 rings (SSSR count). The van der Waals surface area contributed by atoms with Crippen LogP contribution in [0.3, 0.4) is 0 Å². The van der Waals surface area contributed by atoms with Crippen LogP contribution in [0.25, 0.3) is 6.08 Å². The molecule has 0 bridgehead atoms. The molecule has 130 valence electrons. The Hall–Kier alpha value is -3.51. The van der Waals surface area contributed by atoms with Crippen LogP contribution in [0.5, 0.6) is 0 Å². The van der Waals surface area contributed by atoms with E-state index < -0.39 is 0 Å². The monoisotopic (exact) mass is 349 g/mol. The summed E-state index contributed by atoms with van der Waals surface area (Å²) in [4.78, 5) is 4.60. The Balaban J connectivity index is 1.74. The van der Waals surface area contributed by atoms with Gasteiger partial charge in [0, 0.05) is 17.5 Å². The van der Waals surface area contributed by atoms with E-state index in [1.54, 1.807) is 0 Å². The molecule has 1 fully saturated rings. The van der Waals surface area contributed by atoms with E-state index in [0.29, 0.717) is 0 Å². The first-order valence-corrected chi connectivity index (χ1v) is 9.21. The highest BCUT2D eigenvalue weighted by Crippen LogP contribution is 2.50. The molecule has 0 spiro atoms. The molecule has 0 saturated carbocycles. The van der Waals surface area contributed by atoms with Gasteiger partial charge in [0.2, 0.25) is 0 Å². The van der Waals surface area contributed by atoms with Crippen molar-refractivity contribution >= 4 is 11.8 Å². The third kappa shape index (κ3) is 2.42. The predicted molar refractivity (Wildman–Crippen MR) is 108 cm³/mol. The molecule has 0 radical (unpaired) electrons. The maximum Gasteiger partial charge on any atom is 0.143 e. The molecule has 0 aliphatic carbocycles. The van der Waals surface area contributed by atoms with Gasteiger partial charge in [0.1, 0.15) is 12.2 Å². The Morgan fingerprint density at radius 3 is 2.19 bits per heavy atom. The molecule has 0 aromatic heterocycles. The highest BCUT2D eigenvalue weighted by Gasteiger charge is 2.48. The lowest BCUT2D eigenvalue weighted by molar-refractivity contribution is 0.313. The van der Waals surface area contributed by atoms with Gasteiger partial charge in [-0.1, -0.05) is 72.8 Å². The van der Waals surface area contributed by atoms with Crippen LogP contribution in [-0.4, -0.2) is 10.9 Å². The van der Waals surface area contributed by atoms with Crippen molar-refractivity contribution in [1.82, 2.24) is 4.90 Å². The summed E-state index contributed by atoms with van der Waals surface area (Å²) in [5.41, 5.74) is 4.74. The van der Waals surface area contributed by atoms with Crippen LogP contribution >= 0.6 is 0 Å². The van der Waals surface area contributed by atoms with Crippen molar-refractivity contribution in [3.8, 4) is 6.07 Å². The number of nitrogens with zero attached hydrogens (tertiary/aromatic N) is 3. The predicted octanol–water partition coefficient (Wildman–Crippen LogP) is 5.13. The Bertz CT molecular complexity index is 1020. The van der Waals surface area contributed by atoms with Gasteiger partial charge in [0.05, 0.1) is 12.1 Å². The summed E-state index contributed by atoms with van der Waals surface area (Å²) in [5, 5.41) is 10.1. The minimum Gasteiger partial charge on any atom is -0.337 e. The summed E-state index contributed by atoms with van der Waals surface area (Å²) < 4.78 is 0. The Morgan fingerprint density at radius 2 is 1.44 bits per heavy atom. The van der Waals surface area contributed by atoms with Crippen LogP contribution in [0, 0.1) is 11.3 Å².